The fraction of sp³-hybridized carbons (Fsp3) is 0.625. The van der Waals surface area contributed by atoms with Gasteiger partial charge in [-0.3, -0.25) is 4.57 Å². The van der Waals surface area contributed by atoms with Crippen molar-refractivity contribution in [3.05, 3.63) is 12.5 Å². The molecule has 1 N–H and O–H groups in total. The van der Waals surface area contributed by atoms with Crippen molar-refractivity contribution in [2.75, 3.05) is 25.0 Å². The predicted octanol–water partition coefficient (Wildman–Crippen LogP) is 2.19. The van der Waals surface area contributed by atoms with Crippen molar-refractivity contribution in [2.24, 2.45) is 0 Å². The highest BCUT2D eigenvalue weighted by molar-refractivity contribution is 5.74. The summed E-state index contributed by atoms with van der Waals surface area (Å²) in [6.45, 7) is 3.67. The van der Waals surface area contributed by atoms with Crippen LogP contribution in [0.15, 0.2) is 12.5 Å². The van der Waals surface area contributed by atoms with E-state index in [0.29, 0.717) is 31.8 Å². The molecule has 2 fully saturated rings. The summed E-state index contributed by atoms with van der Waals surface area (Å²) in [5.41, 5.74) is 1.73. The Bertz CT molecular complexity index is 733. The van der Waals surface area contributed by atoms with Gasteiger partial charge in [-0.05, 0) is 32.6 Å². The molecule has 8 heteroatoms. The van der Waals surface area contributed by atoms with Crippen LogP contribution < -0.4 is 5.32 Å². The fourth-order valence-electron chi connectivity index (χ4n) is 3.23. The average molecular weight is 330 g/mol. The summed E-state index contributed by atoms with van der Waals surface area (Å²) in [7, 11) is 0. The first-order valence-electron chi connectivity index (χ1n) is 8.62. The van der Waals surface area contributed by atoms with E-state index in [1.807, 2.05) is 6.92 Å². The van der Waals surface area contributed by atoms with E-state index < -0.39 is 0 Å². The van der Waals surface area contributed by atoms with Gasteiger partial charge < -0.3 is 15.0 Å². The van der Waals surface area contributed by atoms with Crippen LogP contribution in [0.1, 0.15) is 38.6 Å². The predicted molar refractivity (Wildman–Crippen MR) is 88.8 cm³/mol. The third-order valence-electron chi connectivity index (χ3n) is 4.62. The van der Waals surface area contributed by atoms with Gasteiger partial charge in [0.2, 0.25) is 5.95 Å². The molecule has 8 nitrogen and oxygen atoms in total. The highest BCUT2D eigenvalue weighted by atomic mass is 16.6. The van der Waals surface area contributed by atoms with Gasteiger partial charge in [0, 0.05) is 25.2 Å². The first-order valence-corrected chi connectivity index (χ1v) is 8.62. The van der Waals surface area contributed by atoms with Gasteiger partial charge in [0.05, 0.1) is 12.8 Å². The number of hydrogen-bond donors (Lipinski definition) is 1. The van der Waals surface area contributed by atoms with E-state index in [2.05, 4.69) is 24.8 Å². The largest absolute Gasteiger partial charge is 0.450 e. The number of likely N-dealkylation sites (tertiary alicyclic amines) is 1. The maximum atomic E-state index is 11.8. The molecule has 0 atom stereocenters. The van der Waals surface area contributed by atoms with E-state index >= 15 is 0 Å². The van der Waals surface area contributed by atoms with Gasteiger partial charge in [-0.1, -0.05) is 0 Å². The Morgan fingerprint density at radius 3 is 2.83 bits per heavy atom. The molecular formula is C16H22N6O2. The first-order chi connectivity index (χ1) is 11.8. The van der Waals surface area contributed by atoms with Crippen LogP contribution in [-0.2, 0) is 4.74 Å². The molecule has 1 aliphatic carbocycles. The van der Waals surface area contributed by atoms with E-state index in [1.165, 1.54) is 12.8 Å². The number of nitrogens with one attached hydrogen (secondary N) is 1. The van der Waals surface area contributed by atoms with Crippen molar-refractivity contribution in [3.8, 4) is 0 Å². The topological polar surface area (TPSA) is 85.2 Å². The summed E-state index contributed by atoms with van der Waals surface area (Å²) in [5.74, 6) is 0.877. The number of amides is 1. The minimum absolute atomic E-state index is 0.212. The van der Waals surface area contributed by atoms with Crippen LogP contribution in [0.4, 0.5) is 10.7 Å². The van der Waals surface area contributed by atoms with Crippen LogP contribution >= 0.6 is 0 Å². The molecule has 24 heavy (non-hydrogen) atoms. The minimum atomic E-state index is -0.212. The molecule has 1 amide bonds. The van der Waals surface area contributed by atoms with E-state index in [0.717, 1.165) is 30.0 Å². The van der Waals surface area contributed by atoms with Gasteiger partial charge in [-0.2, -0.15) is 0 Å². The summed E-state index contributed by atoms with van der Waals surface area (Å²) < 4.78 is 7.27. The number of anilines is 1. The molecule has 2 aromatic heterocycles. The monoisotopic (exact) mass is 330 g/mol. The average Bonchev–Trinajstić information content (AvgIpc) is 3.37. The van der Waals surface area contributed by atoms with Crippen molar-refractivity contribution in [1.82, 2.24) is 24.4 Å². The molecule has 4 rings (SSSR count). The molecule has 3 heterocycles. The number of aromatic nitrogens is 4. The highest BCUT2D eigenvalue weighted by Gasteiger charge is 2.31. The Morgan fingerprint density at radius 1 is 1.33 bits per heavy atom. The molecular weight excluding hydrogens is 308 g/mol. The molecule has 1 saturated heterocycles. The molecule has 0 radical (unpaired) electrons. The lowest BCUT2D eigenvalue weighted by Crippen LogP contribution is -2.42. The van der Waals surface area contributed by atoms with Crippen molar-refractivity contribution >= 4 is 23.2 Å². The van der Waals surface area contributed by atoms with Gasteiger partial charge in [-0.15, -0.1) is 0 Å². The first kappa shape index (κ1) is 15.2. The quantitative estimate of drug-likeness (QED) is 0.925. The Labute approximate surface area is 140 Å². The lowest BCUT2D eigenvalue weighted by molar-refractivity contribution is 0.0983. The number of nitrogens with zero attached hydrogens (tertiary/aromatic N) is 5. The number of piperidine rings is 1. The molecule has 128 valence electrons. The molecule has 0 aromatic carbocycles. The van der Waals surface area contributed by atoms with Gasteiger partial charge in [0.1, 0.15) is 11.8 Å². The number of rotatable bonds is 4. The molecule has 0 bridgehead atoms. The zero-order valence-electron chi connectivity index (χ0n) is 13.8. The summed E-state index contributed by atoms with van der Waals surface area (Å²) in [6, 6.07) is 0.796. The zero-order valence-corrected chi connectivity index (χ0v) is 13.8. The maximum Gasteiger partial charge on any atom is 0.409 e. The molecule has 2 aromatic rings. The number of hydrogen-bond acceptors (Lipinski definition) is 6. The van der Waals surface area contributed by atoms with Gasteiger partial charge >= 0.3 is 6.09 Å². The summed E-state index contributed by atoms with van der Waals surface area (Å²) in [5, 5.41) is 3.56. The third kappa shape index (κ3) is 2.88. The van der Waals surface area contributed by atoms with Crippen molar-refractivity contribution < 1.29 is 9.53 Å². The fourth-order valence-corrected chi connectivity index (χ4v) is 3.23. The van der Waals surface area contributed by atoms with Crippen LogP contribution in [0, 0.1) is 0 Å². The number of imidazole rings is 1. The van der Waals surface area contributed by atoms with Crippen LogP contribution in [0.5, 0.6) is 0 Å². The van der Waals surface area contributed by atoms with Gasteiger partial charge in [-0.25, -0.2) is 19.7 Å². The van der Waals surface area contributed by atoms with Gasteiger partial charge in [0.15, 0.2) is 5.65 Å². The zero-order chi connectivity index (χ0) is 16.5. The second-order valence-electron chi connectivity index (χ2n) is 6.37. The third-order valence-corrected chi connectivity index (χ3v) is 4.62. The van der Waals surface area contributed by atoms with Crippen LogP contribution in [0.25, 0.3) is 11.2 Å². The van der Waals surface area contributed by atoms with Crippen molar-refractivity contribution in [1.29, 1.82) is 0 Å². The van der Waals surface area contributed by atoms with E-state index in [1.54, 1.807) is 17.4 Å². The lowest BCUT2D eigenvalue weighted by atomic mass is 10.1. The normalized spacial score (nSPS) is 18.8. The van der Waals surface area contributed by atoms with Crippen LogP contribution in [0.2, 0.25) is 0 Å². The summed E-state index contributed by atoms with van der Waals surface area (Å²) in [6.07, 6.45) is 7.24. The van der Waals surface area contributed by atoms with Crippen LogP contribution in [0.3, 0.4) is 0 Å². The van der Waals surface area contributed by atoms with Crippen molar-refractivity contribution in [3.63, 3.8) is 0 Å². The number of ether oxygens (including phenoxy) is 1. The Balaban J connectivity index is 1.46. The lowest BCUT2D eigenvalue weighted by Gasteiger charge is -2.31. The molecule has 2 aliphatic rings. The maximum absolute atomic E-state index is 11.8. The SMILES string of the molecule is CCOC(=O)N1CCC(Nc2nc3cncnc3n2C2CC2)CC1. The van der Waals surface area contributed by atoms with Crippen LogP contribution in [-0.4, -0.2) is 56.3 Å². The minimum Gasteiger partial charge on any atom is -0.450 e. The molecule has 1 saturated carbocycles. The molecule has 1 aliphatic heterocycles. The second kappa shape index (κ2) is 6.26. The standard InChI is InChI=1S/C16H22N6O2/c1-2-24-16(23)21-7-5-11(6-8-21)19-15-20-13-9-17-10-18-14(13)22(15)12-3-4-12/h9-12H,2-8H2,1H3,(H,19,20). The highest BCUT2D eigenvalue weighted by Crippen LogP contribution is 2.39. The Hall–Kier alpha value is -2.38. The number of carbonyl (C=O) groups is 1. The molecule has 0 unspecified atom stereocenters. The van der Waals surface area contributed by atoms with Gasteiger partial charge in [0.25, 0.3) is 0 Å². The summed E-state index contributed by atoms with van der Waals surface area (Å²) >= 11 is 0. The second-order valence-corrected chi connectivity index (χ2v) is 6.37. The Kier molecular flexibility index (Phi) is 3.95. The van der Waals surface area contributed by atoms with E-state index in [9.17, 15) is 4.79 Å². The number of carbonyl (C=O) groups excluding carboxylic acids is 1. The Morgan fingerprint density at radius 2 is 2.12 bits per heavy atom. The number of fused-ring (bicyclic) bond motifs is 1. The van der Waals surface area contributed by atoms with E-state index in [-0.39, 0.29) is 6.09 Å². The smallest absolute Gasteiger partial charge is 0.409 e. The summed E-state index contributed by atoms with van der Waals surface area (Å²) in [4.78, 5) is 26.7. The molecule has 0 spiro atoms. The van der Waals surface area contributed by atoms with Crippen molar-refractivity contribution in [2.45, 2.75) is 44.7 Å². The van der Waals surface area contributed by atoms with E-state index in [4.69, 9.17) is 4.74 Å².